The molecule has 1 heterocycles. The first kappa shape index (κ1) is 12.6. The third-order valence-corrected chi connectivity index (χ3v) is 3.36. The Kier molecular flexibility index (Phi) is 5.83. The van der Waals surface area contributed by atoms with Crippen LogP contribution in [0.4, 0.5) is 0 Å². The zero-order chi connectivity index (χ0) is 11.1. The van der Waals surface area contributed by atoms with Gasteiger partial charge in [0.25, 0.3) is 0 Å². The van der Waals surface area contributed by atoms with Crippen molar-refractivity contribution < 1.29 is 0 Å². The van der Waals surface area contributed by atoms with Gasteiger partial charge in [0.1, 0.15) is 5.01 Å². The van der Waals surface area contributed by atoms with E-state index in [0.717, 1.165) is 25.3 Å². The van der Waals surface area contributed by atoms with Gasteiger partial charge < -0.3 is 11.1 Å². The second-order valence-corrected chi connectivity index (χ2v) is 4.99. The largest absolute Gasteiger partial charge is 0.330 e. The maximum Gasteiger partial charge on any atom is 0.107 e. The molecular formula is C11H21N3S. The fraction of sp³-hybridized carbons (Fsp3) is 0.727. The quantitative estimate of drug-likeness (QED) is 0.700. The Balaban J connectivity index is 2.02. The minimum absolute atomic E-state index is 0.647. The van der Waals surface area contributed by atoms with E-state index in [2.05, 4.69) is 22.6 Å². The minimum Gasteiger partial charge on any atom is -0.330 e. The van der Waals surface area contributed by atoms with Crippen molar-refractivity contribution in [2.75, 3.05) is 13.1 Å². The number of nitrogens with two attached hydrogens (primary N) is 1. The lowest BCUT2D eigenvalue weighted by molar-refractivity contribution is 0.501. The molecule has 1 unspecified atom stereocenters. The molecule has 0 radical (unpaired) electrons. The van der Waals surface area contributed by atoms with E-state index in [0.29, 0.717) is 5.92 Å². The Morgan fingerprint density at radius 1 is 1.60 bits per heavy atom. The first-order valence-electron chi connectivity index (χ1n) is 5.54. The van der Waals surface area contributed by atoms with Crippen molar-refractivity contribution in [1.29, 1.82) is 0 Å². The molecule has 3 nitrogen and oxygen atoms in total. The first-order chi connectivity index (χ1) is 7.22. The van der Waals surface area contributed by atoms with Crippen molar-refractivity contribution in [3.8, 4) is 0 Å². The van der Waals surface area contributed by atoms with Gasteiger partial charge in [-0.3, -0.25) is 0 Å². The standard InChI is InChI=1S/C11H21N3S/c1-9(6-12)4-3-5-13-7-11-14-10(2)8-15-11/h8-9,13H,3-7,12H2,1-2H3. The highest BCUT2D eigenvalue weighted by Crippen LogP contribution is 2.08. The summed E-state index contributed by atoms with van der Waals surface area (Å²) in [4.78, 5) is 4.40. The number of hydrogen-bond donors (Lipinski definition) is 2. The summed E-state index contributed by atoms with van der Waals surface area (Å²) in [5.41, 5.74) is 6.67. The summed E-state index contributed by atoms with van der Waals surface area (Å²) in [7, 11) is 0. The number of hydrogen-bond acceptors (Lipinski definition) is 4. The van der Waals surface area contributed by atoms with Gasteiger partial charge >= 0.3 is 0 Å². The van der Waals surface area contributed by atoms with E-state index < -0.39 is 0 Å². The fourth-order valence-corrected chi connectivity index (χ4v) is 2.11. The predicted octanol–water partition coefficient (Wildman–Crippen LogP) is 1.92. The molecule has 3 N–H and O–H groups in total. The third-order valence-electron chi connectivity index (χ3n) is 2.40. The highest BCUT2D eigenvalue weighted by molar-refractivity contribution is 7.09. The van der Waals surface area contributed by atoms with Crippen LogP contribution in [0.5, 0.6) is 0 Å². The molecule has 1 atom stereocenters. The molecule has 0 fully saturated rings. The smallest absolute Gasteiger partial charge is 0.107 e. The van der Waals surface area contributed by atoms with E-state index in [1.807, 2.05) is 6.92 Å². The number of nitrogens with one attached hydrogen (secondary N) is 1. The highest BCUT2D eigenvalue weighted by Gasteiger charge is 1.99. The Morgan fingerprint density at radius 2 is 2.40 bits per heavy atom. The van der Waals surface area contributed by atoms with Crippen molar-refractivity contribution in [1.82, 2.24) is 10.3 Å². The van der Waals surface area contributed by atoms with Gasteiger partial charge in [-0.25, -0.2) is 4.98 Å². The van der Waals surface area contributed by atoms with Gasteiger partial charge in [0.15, 0.2) is 0 Å². The lowest BCUT2D eigenvalue weighted by Crippen LogP contribution is -2.17. The van der Waals surface area contributed by atoms with Crippen molar-refractivity contribution >= 4 is 11.3 Å². The van der Waals surface area contributed by atoms with Gasteiger partial charge in [-0.1, -0.05) is 6.92 Å². The molecule has 1 rings (SSSR count). The van der Waals surface area contributed by atoms with Crippen LogP contribution in [0, 0.1) is 12.8 Å². The van der Waals surface area contributed by atoms with Crippen LogP contribution in [0.2, 0.25) is 0 Å². The van der Waals surface area contributed by atoms with Crippen molar-refractivity contribution in [2.45, 2.75) is 33.2 Å². The number of nitrogens with zero attached hydrogens (tertiary/aromatic N) is 1. The van der Waals surface area contributed by atoms with Gasteiger partial charge in [0, 0.05) is 17.6 Å². The highest BCUT2D eigenvalue weighted by atomic mass is 32.1. The van der Waals surface area contributed by atoms with Crippen LogP contribution in [0.1, 0.15) is 30.5 Å². The average molecular weight is 227 g/mol. The second-order valence-electron chi connectivity index (χ2n) is 4.04. The van der Waals surface area contributed by atoms with Crippen molar-refractivity contribution in [3.05, 3.63) is 16.1 Å². The molecule has 1 aromatic rings. The van der Waals surface area contributed by atoms with Gasteiger partial charge in [-0.05, 0) is 38.8 Å². The molecule has 0 aliphatic heterocycles. The minimum atomic E-state index is 0.647. The summed E-state index contributed by atoms with van der Waals surface area (Å²) in [6.45, 7) is 6.98. The monoisotopic (exact) mass is 227 g/mol. The summed E-state index contributed by atoms with van der Waals surface area (Å²) in [5.74, 6) is 0.647. The molecule has 0 aliphatic rings. The average Bonchev–Trinajstić information content (AvgIpc) is 2.63. The van der Waals surface area contributed by atoms with Crippen LogP contribution in [0.15, 0.2) is 5.38 Å². The molecule has 0 amide bonds. The number of rotatable bonds is 7. The lowest BCUT2D eigenvalue weighted by Gasteiger charge is -2.07. The van der Waals surface area contributed by atoms with E-state index in [9.17, 15) is 0 Å². The number of aryl methyl sites for hydroxylation is 1. The summed E-state index contributed by atoms with van der Waals surface area (Å²) < 4.78 is 0. The van der Waals surface area contributed by atoms with Crippen molar-refractivity contribution in [3.63, 3.8) is 0 Å². The molecule has 86 valence electrons. The molecule has 0 saturated carbocycles. The fourth-order valence-electron chi connectivity index (χ4n) is 1.37. The van der Waals surface area contributed by atoms with Crippen LogP contribution < -0.4 is 11.1 Å². The molecule has 0 bridgehead atoms. The van der Waals surface area contributed by atoms with Crippen LogP contribution in [-0.4, -0.2) is 18.1 Å². The summed E-state index contributed by atoms with van der Waals surface area (Å²) >= 11 is 1.72. The molecule has 0 saturated heterocycles. The number of thiazole rings is 1. The van der Waals surface area contributed by atoms with Crippen LogP contribution in [0.3, 0.4) is 0 Å². The Bertz CT molecular complexity index is 273. The van der Waals surface area contributed by atoms with E-state index in [1.165, 1.54) is 17.8 Å². The molecule has 0 aliphatic carbocycles. The van der Waals surface area contributed by atoms with Crippen LogP contribution in [-0.2, 0) is 6.54 Å². The molecular weight excluding hydrogens is 206 g/mol. The maximum atomic E-state index is 5.55. The molecule has 1 aromatic heterocycles. The van der Waals surface area contributed by atoms with Gasteiger partial charge in [0.05, 0.1) is 0 Å². The third kappa shape index (κ3) is 5.25. The van der Waals surface area contributed by atoms with Crippen LogP contribution >= 0.6 is 11.3 Å². The predicted molar refractivity (Wildman–Crippen MR) is 66.0 cm³/mol. The maximum absolute atomic E-state index is 5.55. The van der Waals surface area contributed by atoms with E-state index in [1.54, 1.807) is 11.3 Å². The van der Waals surface area contributed by atoms with E-state index in [-0.39, 0.29) is 0 Å². The van der Waals surface area contributed by atoms with Crippen molar-refractivity contribution in [2.24, 2.45) is 11.7 Å². The molecule has 0 spiro atoms. The molecule has 0 aromatic carbocycles. The summed E-state index contributed by atoms with van der Waals surface area (Å²) in [5, 5.41) is 6.67. The van der Waals surface area contributed by atoms with Gasteiger partial charge in [0.2, 0.25) is 0 Å². The Labute approximate surface area is 96.1 Å². The Morgan fingerprint density at radius 3 is 3.00 bits per heavy atom. The zero-order valence-electron chi connectivity index (χ0n) is 9.62. The first-order valence-corrected chi connectivity index (χ1v) is 6.42. The molecule has 15 heavy (non-hydrogen) atoms. The lowest BCUT2D eigenvalue weighted by atomic mass is 10.1. The summed E-state index contributed by atoms with van der Waals surface area (Å²) in [6.07, 6.45) is 2.41. The number of aromatic nitrogens is 1. The van der Waals surface area contributed by atoms with E-state index in [4.69, 9.17) is 5.73 Å². The van der Waals surface area contributed by atoms with Crippen LogP contribution in [0.25, 0.3) is 0 Å². The molecule has 4 heteroatoms. The van der Waals surface area contributed by atoms with Gasteiger partial charge in [-0.2, -0.15) is 0 Å². The normalized spacial score (nSPS) is 13.0. The van der Waals surface area contributed by atoms with Gasteiger partial charge in [-0.15, -0.1) is 11.3 Å². The Hall–Kier alpha value is -0.450. The SMILES string of the molecule is Cc1csc(CNCCCC(C)CN)n1. The zero-order valence-corrected chi connectivity index (χ0v) is 10.4. The van der Waals surface area contributed by atoms with E-state index >= 15 is 0 Å². The topological polar surface area (TPSA) is 50.9 Å². The second kappa shape index (κ2) is 6.93. The summed E-state index contributed by atoms with van der Waals surface area (Å²) in [6, 6.07) is 0.